The second-order valence-electron chi connectivity index (χ2n) is 8.31. The lowest BCUT2D eigenvalue weighted by Crippen LogP contribution is -2.29. The standard InChI is InChI=1S/C24H25FN8O3/c1-35-16-9-19(22(25)20(10-16)36-2)33-21(34)4-3-17(31-33)23-24(26)28-12-18(30-23)14-11-29-32(13-14)15-5-7-27-8-6-15/h3-4,9-13,15,27H,5-8H2,1-2H3,(H2,26,28). The molecule has 4 heterocycles. The number of nitrogen functional groups attached to an aromatic ring is 1. The Hall–Kier alpha value is -4.32. The second-order valence-corrected chi connectivity index (χ2v) is 8.31. The van der Waals surface area contributed by atoms with Crippen LogP contribution in [0.3, 0.4) is 0 Å². The molecule has 0 spiro atoms. The minimum Gasteiger partial charge on any atom is -0.497 e. The molecule has 36 heavy (non-hydrogen) atoms. The molecule has 0 saturated carbocycles. The van der Waals surface area contributed by atoms with Crippen LogP contribution in [0.1, 0.15) is 18.9 Å². The smallest absolute Gasteiger partial charge is 0.271 e. The lowest BCUT2D eigenvalue weighted by Gasteiger charge is -2.22. The van der Waals surface area contributed by atoms with Crippen molar-refractivity contribution in [2.24, 2.45) is 0 Å². The first-order chi connectivity index (χ1) is 17.5. The van der Waals surface area contributed by atoms with E-state index in [0.29, 0.717) is 17.5 Å². The van der Waals surface area contributed by atoms with E-state index in [9.17, 15) is 4.79 Å². The first kappa shape index (κ1) is 23.4. The fourth-order valence-electron chi connectivity index (χ4n) is 4.16. The molecule has 1 fully saturated rings. The van der Waals surface area contributed by atoms with Gasteiger partial charge in [0.1, 0.15) is 22.8 Å². The fraction of sp³-hybridized carbons (Fsp3) is 0.292. The van der Waals surface area contributed by atoms with E-state index in [0.717, 1.165) is 36.2 Å². The summed E-state index contributed by atoms with van der Waals surface area (Å²) >= 11 is 0. The molecule has 0 atom stereocenters. The molecule has 1 aliphatic rings. The van der Waals surface area contributed by atoms with Crippen LogP contribution < -0.4 is 26.1 Å². The molecule has 0 aliphatic carbocycles. The molecule has 3 N–H and O–H groups in total. The lowest BCUT2D eigenvalue weighted by atomic mass is 10.1. The van der Waals surface area contributed by atoms with Crippen molar-refractivity contribution < 1.29 is 13.9 Å². The van der Waals surface area contributed by atoms with E-state index < -0.39 is 11.4 Å². The number of hydrogen-bond acceptors (Lipinski definition) is 9. The number of halogens is 1. The summed E-state index contributed by atoms with van der Waals surface area (Å²) < 4.78 is 28.2. The van der Waals surface area contributed by atoms with E-state index in [1.807, 2.05) is 10.9 Å². The highest BCUT2D eigenvalue weighted by atomic mass is 19.1. The molecule has 4 aromatic rings. The first-order valence-electron chi connectivity index (χ1n) is 11.4. The van der Waals surface area contributed by atoms with Gasteiger partial charge in [0, 0.05) is 30.0 Å². The maximum absolute atomic E-state index is 15.1. The number of ether oxygens (including phenoxy) is 2. The van der Waals surface area contributed by atoms with E-state index in [4.69, 9.17) is 15.2 Å². The number of rotatable bonds is 6. The minimum atomic E-state index is -0.761. The Bertz CT molecular complexity index is 1460. The van der Waals surface area contributed by atoms with Gasteiger partial charge < -0.3 is 20.5 Å². The highest BCUT2D eigenvalue weighted by Gasteiger charge is 2.20. The van der Waals surface area contributed by atoms with Crippen molar-refractivity contribution in [2.45, 2.75) is 18.9 Å². The van der Waals surface area contributed by atoms with Crippen LogP contribution >= 0.6 is 0 Å². The van der Waals surface area contributed by atoms with Crippen LogP contribution in [0.25, 0.3) is 28.3 Å². The number of piperidine rings is 1. The van der Waals surface area contributed by atoms with Crippen molar-refractivity contribution in [2.75, 3.05) is 33.0 Å². The molecule has 1 saturated heterocycles. The molecule has 12 heteroatoms. The van der Waals surface area contributed by atoms with Crippen LogP contribution in [0.5, 0.6) is 11.5 Å². The topological polar surface area (TPSA) is 135 Å². The summed E-state index contributed by atoms with van der Waals surface area (Å²) in [6.07, 6.45) is 7.23. The van der Waals surface area contributed by atoms with Gasteiger partial charge in [-0.05, 0) is 32.0 Å². The van der Waals surface area contributed by atoms with Crippen LogP contribution in [-0.4, -0.2) is 56.8 Å². The van der Waals surface area contributed by atoms with Crippen LogP contribution in [0.15, 0.2) is 47.7 Å². The van der Waals surface area contributed by atoms with Gasteiger partial charge in [-0.25, -0.2) is 14.4 Å². The summed E-state index contributed by atoms with van der Waals surface area (Å²) in [5.74, 6) is -0.431. The summed E-state index contributed by atoms with van der Waals surface area (Å²) in [5, 5.41) is 12.2. The largest absolute Gasteiger partial charge is 0.497 e. The molecule has 0 amide bonds. The van der Waals surface area contributed by atoms with Crippen molar-refractivity contribution in [3.8, 4) is 39.8 Å². The van der Waals surface area contributed by atoms with E-state index in [-0.39, 0.29) is 28.6 Å². The molecule has 5 rings (SSSR count). The number of nitrogens with zero attached hydrogens (tertiary/aromatic N) is 6. The highest BCUT2D eigenvalue weighted by Crippen LogP contribution is 2.30. The van der Waals surface area contributed by atoms with Gasteiger partial charge in [0.05, 0.1) is 38.3 Å². The molecular weight excluding hydrogens is 467 g/mol. The molecule has 3 aromatic heterocycles. The molecule has 1 aliphatic heterocycles. The number of methoxy groups -OCH3 is 2. The first-order valence-corrected chi connectivity index (χ1v) is 11.4. The predicted octanol–water partition coefficient (Wildman–Crippen LogP) is 2.22. The zero-order valence-electron chi connectivity index (χ0n) is 19.8. The molecule has 0 bridgehead atoms. The normalized spacial score (nSPS) is 14.1. The third-order valence-electron chi connectivity index (χ3n) is 6.10. The molecular formula is C24H25FN8O3. The van der Waals surface area contributed by atoms with Crippen molar-refractivity contribution in [1.29, 1.82) is 0 Å². The maximum atomic E-state index is 15.1. The Morgan fingerprint density at radius 1 is 1.11 bits per heavy atom. The van der Waals surface area contributed by atoms with E-state index >= 15 is 4.39 Å². The van der Waals surface area contributed by atoms with Gasteiger partial charge in [-0.15, -0.1) is 0 Å². The number of nitrogens with one attached hydrogen (secondary N) is 1. The number of hydrogen-bond donors (Lipinski definition) is 2. The summed E-state index contributed by atoms with van der Waals surface area (Å²) in [6.45, 7) is 1.90. The van der Waals surface area contributed by atoms with E-state index in [1.165, 1.54) is 38.5 Å². The summed E-state index contributed by atoms with van der Waals surface area (Å²) in [6, 6.07) is 5.79. The molecule has 0 radical (unpaired) electrons. The van der Waals surface area contributed by atoms with Crippen LogP contribution in [0.4, 0.5) is 10.2 Å². The Balaban J connectivity index is 1.55. The lowest BCUT2D eigenvalue weighted by molar-refractivity contribution is 0.343. The van der Waals surface area contributed by atoms with Gasteiger partial charge in [0.15, 0.2) is 17.4 Å². The fourth-order valence-corrected chi connectivity index (χ4v) is 4.16. The SMILES string of the molecule is COc1cc(OC)c(F)c(-n2nc(-c3nc(-c4cnn(C5CCNCC5)c4)cnc3N)ccc2=O)c1. The molecule has 11 nitrogen and oxygen atoms in total. The van der Waals surface area contributed by atoms with Crippen molar-refractivity contribution in [3.05, 3.63) is 59.0 Å². The highest BCUT2D eigenvalue weighted by molar-refractivity contribution is 5.70. The van der Waals surface area contributed by atoms with Crippen molar-refractivity contribution >= 4 is 5.82 Å². The number of anilines is 1. The van der Waals surface area contributed by atoms with Gasteiger partial charge in [-0.2, -0.15) is 14.9 Å². The Kier molecular flexibility index (Phi) is 6.34. The van der Waals surface area contributed by atoms with Gasteiger partial charge in [-0.3, -0.25) is 9.48 Å². The van der Waals surface area contributed by atoms with Gasteiger partial charge in [0.2, 0.25) is 0 Å². The molecule has 1 aromatic carbocycles. The van der Waals surface area contributed by atoms with Crippen LogP contribution in [-0.2, 0) is 0 Å². The van der Waals surface area contributed by atoms with Crippen molar-refractivity contribution in [1.82, 2.24) is 34.8 Å². The summed E-state index contributed by atoms with van der Waals surface area (Å²) in [7, 11) is 2.75. The zero-order valence-corrected chi connectivity index (χ0v) is 19.8. The predicted molar refractivity (Wildman–Crippen MR) is 131 cm³/mol. The third-order valence-corrected chi connectivity index (χ3v) is 6.10. The summed E-state index contributed by atoms with van der Waals surface area (Å²) in [4.78, 5) is 21.6. The summed E-state index contributed by atoms with van der Waals surface area (Å²) in [5.41, 5.74) is 7.26. The minimum absolute atomic E-state index is 0.0875. The number of benzene rings is 1. The Morgan fingerprint density at radius 3 is 2.67 bits per heavy atom. The van der Waals surface area contributed by atoms with Gasteiger partial charge in [0.25, 0.3) is 5.56 Å². The number of aromatic nitrogens is 6. The monoisotopic (exact) mass is 492 g/mol. The quantitative estimate of drug-likeness (QED) is 0.415. The Morgan fingerprint density at radius 2 is 1.92 bits per heavy atom. The van der Waals surface area contributed by atoms with E-state index in [2.05, 4.69) is 25.5 Å². The van der Waals surface area contributed by atoms with Crippen LogP contribution in [0, 0.1) is 5.82 Å². The van der Waals surface area contributed by atoms with Gasteiger partial charge >= 0.3 is 0 Å². The van der Waals surface area contributed by atoms with E-state index in [1.54, 1.807) is 12.4 Å². The molecule has 186 valence electrons. The Labute approximate surface area is 205 Å². The number of nitrogens with two attached hydrogens (primary N) is 1. The van der Waals surface area contributed by atoms with Crippen LogP contribution in [0.2, 0.25) is 0 Å². The average molecular weight is 493 g/mol. The second kappa shape index (κ2) is 9.74. The van der Waals surface area contributed by atoms with Crippen molar-refractivity contribution in [3.63, 3.8) is 0 Å². The average Bonchev–Trinajstić information content (AvgIpc) is 3.41. The maximum Gasteiger partial charge on any atom is 0.271 e. The molecule has 0 unspecified atom stereocenters. The zero-order chi connectivity index (χ0) is 25.2. The van der Waals surface area contributed by atoms with Gasteiger partial charge in [-0.1, -0.05) is 0 Å². The third kappa shape index (κ3) is 4.38.